The summed E-state index contributed by atoms with van der Waals surface area (Å²) in [4.78, 5) is 0. The summed E-state index contributed by atoms with van der Waals surface area (Å²) in [5.41, 5.74) is 31.2. The number of hydrogen-bond acceptors (Lipinski definition) is 2. The molecule has 0 spiro atoms. The predicted octanol–water partition coefficient (Wildman–Crippen LogP) is 12.3. The maximum absolute atomic E-state index is 6.63. The molecule has 0 saturated carbocycles. The number of nitrogens with one attached hydrogen (secondary N) is 1. The third-order valence-electron chi connectivity index (χ3n) is 12.8. The van der Waals surface area contributed by atoms with Crippen molar-refractivity contribution in [2.75, 3.05) is 11.1 Å². The van der Waals surface area contributed by atoms with E-state index in [4.69, 9.17) is 5.73 Å². The quantitative estimate of drug-likeness (QED) is 0.181. The Morgan fingerprint density at radius 3 is 1.04 bits per heavy atom. The van der Waals surface area contributed by atoms with Crippen molar-refractivity contribution in [3.8, 4) is 22.3 Å². The van der Waals surface area contributed by atoms with Crippen molar-refractivity contribution in [2.24, 2.45) is 0 Å². The first-order valence-corrected chi connectivity index (χ1v) is 19.1. The van der Waals surface area contributed by atoms with Crippen LogP contribution < -0.4 is 11.1 Å². The van der Waals surface area contributed by atoms with E-state index in [9.17, 15) is 0 Å². The molecule has 8 aromatic rings. The fourth-order valence-electron chi connectivity index (χ4n) is 10.6. The van der Waals surface area contributed by atoms with E-state index in [0.29, 0.717) is 0 Å². The molecule has 6 aliphatic carbocycles. The molecule has 0 radical (unpaired) electrons. The normalized spacial score (nSPS) is 18.8. The van der Waals surface area contributed by atoms with Crippen molar-refractivity contribution in [1.29, 1.82) is 0 Å². The van der Waals surface area contributed by atoms with Crippen LogP contribution >= 0.6 is 0 Å². The van der Waals surface area contributed by atoms with Gasteiger partial charge in [-0.2, -0.15) is 0 Å². The van der Waals surface area contributed by atoms with Crippen LogP contribution in [0.4, 0.5) is 17.1 Å². The summed E-state index contributed by atoms with van der Waals surface area (Å²) in [7, 11) is 0. The summed E-state index contributed by atoms with van der Waals surface area (Å²) in [5.74, 6) is 0.924. The minimum atomic E-state index is 0.212. The van der Waals surface area contributed by atoms with Gasteiger partial charge in [0.2, 0.25) is 0 Å². The number of anilines is 3. The van der Waals surface area contributed by atoms with Crippen molar-refractivity contribution in [3.63, 3.8) is 0 Å². The van der Waals surface area contributed by atoms with E-state index in [1.807, 2.05) is 12.1 Å². The summed E-state index contributed by atoms with van der Waals surface area (Å²) in [6.45, 7) is 0. The summed E-state index contributed by atoms with van der Waals surface area (Å²) >= 11 is 0. The molecule has 0 aliphatic heterocycles. The number of nitrogens with two attached hydrogens (primary N) is 1. The molecule has 0 fully saturated rings. The van der Waals surface area contributed by atoms with E-state index in [0.717, 1.165) is 28.2 Å². The third-order valence-corrected chi connectivity index (χ3v) is 12.8. The molecule has 8 aromatic carbocycles. The van der Waals surface area contributed by atoms with Gasteiger partial charge in [0, 0.05) is 34.8 Å². The molecule has 0 aromatic heterocycles. The van der Waals surface area contributed by atoms with Crippen molar-refractivity contribution in [1.82, 2.24) is 0 Å². The van der Waals surface area contributed by atoms with Gasteiger partial charge in [-0.25, -0.2) is 0 Å². The Kier molecular flexibility index (Phi) is 6.19. The maximum atomic E-state index is 6.63. The van der Waals surface area contributed by atoms with Crippen molar-refractivity contribution in [2.45, 2.75) is 23.7 Å². The topological polar surface area (TPSA) is 38.0 Å². The fourth-order valence-corrected chi connectivity index (χ4v) is 10.6. The van der Waals surface area contributed by atoms with E-state index in [1.165, 1.54) is 77.9 Å². The van der Waals surface area contributed by atoms with Crippen LogP contribution in [-0.4, -0.2) is 0 Å². The van der Waals surface area contributed by atoms with Gasteiger partial charge in [0.25, 0.3) is 0 Å². The molecule has 4 bridgehead atoms. The minimum Gasteiger partial charge on any atom is -0.397 e. The van der Waals surface area contributed by atoms with Crippen molar-refractivity contribution in [3.05, 3.63) is 243 Å². The van der Waals surface area contributed by atoms with Crippen LogP contribution in [0, 0.1) is 0 Å². The largest absolute Gasteiger partial charge is 0.397 e. The van der Waals surface area contributed by atoms with Gasteiger partial charge in [0.15, 0.2) is 0 Å². The van der Waals surface area contributed by atoms with E-state index in [1.54, 1.807) is 0 Å². The zero-order chi connectivity index (χ0) is 35.5. The van der Waals surface area contributed by atoms with Gasteiger partial charge < -0.3 is 11.1 Å². The number of hydrogen-bond donors (Lipinski definition) is 2. The Bertz CT molecular complexity index is 2600. The Balaban J connectivity index is 1.04. The lowest BCUT2D eigenvalue weighted by Crippen LogP contribution is -2.27. The number of para-hydroxylation sites is 3. The first kappa shape index (κ1) is 29.9. The Morgan fingerprint density at radius 1 is 0.315 bits per heavy atom. The van der Waals surface area contributed by atoms with Crippen LogP contribution in [0.15, 0.2) is 176 Å². The zero-order valence-electron chi connectivity index (χ0n) is 29.6. The fraction of sp³-hybridized carbons (Fsp3) is 0.0769. The Hall–Kier alpha value is -6.64. The Morgan fingerprint density at radius 2 is 0.648 bits per heavy atom. The lowest BCUT2D eigenvalue weighted by atomic mass is 9.61. The molecule has 2 nitrogen and oxygen atoms in total. The first-order chi connectivity index (χ1) is 26.7. The van der Waals surface area contributed by atoms with E-state index in [-0.39, 0.29) is 23.7 Å². The second kappa shape index (κ2) is 11.2. The monoisotopic (exact) mass is 688 g/mol. The molecule has 0 amide bonds. The molecule has 14 rings (SSSR count). The highest BCUT2D eigenvalue weighted by Crippen LogP contribution is 2.58. The van der Waals surface area contributed by atoms with Crippen LogP contribution in [0.25, 0.3) is 22.3 Å². The highest BCUT2D eigenvalue weighted by atomic mass is 14.9. The van der Waals surface area contributed by atoms with E-state index >= 15 is 0 Å². The molecule has 6 aliphatic rings. The lowest BCUT2D eigenvalue weighted by Gasteiger charge is -2.42. The Labute approximate surface area is 315 Å². The van der Waals surface area contributed by atoms with E-state index in [2.05, 4.69) is 169 Å². The average Bonchev–Trinajstić information content (AvgIpc) is 3.23. The molecule has 3 N–H and O–H groups in total. The second-order valence-corrected chi connectivity index (χ2v) is 15.4. The standard InChI is InChI=1S/C52H36N2/c53-46-22-9-10-23-47(46)54-52-32(30-24-26-42-44(28-30)50-38-16-5-1-12-34(38)48(42)35-13-2-6-17-39(35)50)20-11-21-33(52)31-25-27-43-45(29-31)51-40-18-7-3-14-36(40)49(43)37-15-4-8-19-41(37)51/h1-29,48-51,54H,53H2. The van der Waals surface area contributed by atoms with Gasteiger partial charge in [0.1, 0.15) is 0 Å². The van der Waals surface area contributed by atoms with Gasteiger partial charge in [-0.1, -0.05) is 152 Å². The molecule has 0 unspecified atom stereocenters. The van der Waals surface area contributed by atoms with Crippen LogP contribution in [0.5, 0.6) is 0 Å². The maximum Gasteiger partial charge on any atom is 0.0618 e. The molecule has 0 heterocycles. The number of nitrogen functional groups attached to an aromatic ring is 1. The zero-order valence-corrected chi connectivity index (χ0v) is 29.6. The van der Waals surface area contributed by atoms with E-state index < -0.39 is 0 Å². The van der Waals surface area contributed by atoms with Gasteiger partial charge >= 0.3 is 0 Å². The molecule has 254 valence electrons. The number of benzene rings is 8. The predicted molar refractivity (Wildman–Crippen MR) is 221 cm³/mol. The SMILES string of the molecule is Nc1ccccc1Nc1c(-c2ccc3c(c2)C2c4ccccc4C3c3ccccc32)cccc1-c1ccc2c(c1)C1c3ccccc3C2c2ccccc21. The highest BCUT2D eigenvalue weighted by Gasteiger charge is 2.42. The molecular formula is C52H36N2. The number of rotatable bonds is 4. The molecule has 2 heteroatoms. The summed E-state index contributed by atoms with van der Waals surface area (Å²) in [6.07, 6.45) is 0. The smallest absolute Gasteiger partial charge is 0.0618 e. The average molecular weight is 689 g/mol. The van der Waals surface area contributed by atoms with Crippen LogP contribution in [-0.2, 0) is 0 Å². The summed E-state index contributed by atoms with van der Waals surface area (Å²) in [6, 6.07) is 65.5. The van der Waals surface area contributed by atoms with Crippen molar-refractivity contribution < 1.29 is 0 Å². The first-order valence-electron chi connectivity index (χ1n) is 19.1. The van der Waals surface area contributed by atoms with Gasteiger partial charge in [-0.05, 0) is 102 Å². The highest BCUT2D eigenvalue weighted by molar-refractivity contribution is 5.95. The summed E-state index contributed by atoms with van der Waals surface area (Å²) in [5, 5.41) is 3.87. The van der Waals surface area contributed by atoms with Crippen LogP contribution in [0.3, 0.4) is 0 Å². The molecule has 0 atom stereocenters. The second-order valence-electron chi connectivity index (χ2n) is 15.4. The third kappa shape index (κ3) is 4.06. The summed E-state index contributed by atoms with van der Waals surface area (Å²) < 4.78 is 0. The molecule has 54 heavy (non-hydrogen) atoms. The lowest BCUT2D eigenvalue weighted by molar-refractivity contribution is 0.754. The van der Waals surface area contributed by atoms with Crippen LogP contribution in [0.2, 0.25) is 0 Å². The molecule has 0 saturated heterocycles. The van der Waals surface area contributed by atoms with Crippen LogP contribution in [0.1, 0.15) is 90.4 Å². The van der Waals surface area contributed by atoms with Gasteiger partial charge in [-0.3, -0.25) is 0 Å². The van der Waals surface area contributed by atoms with Gasteiger partial charge in [0.05, 0.1) is 17.1 Å². The van der Waals surface area contributed by atoms with Gasteiger partial charge in [-0.15, -0.1) is 0 Å². The van der Waals surface area contributed by atoms with Crippen molar-refractivity contribution >= 4 is 17.1 Å². The minimum absolute atomic E-state index is 0.212. The molecular weight excluding hydrogens is 653 g/mol.